The molecule has 0 unspecified atom stereocenters. The van der Waals surface area contributed by atoms with E-state index in [4.69, 9.17) is 9.47 Å². The molecule has 1 aliphatic heterocycles. The van der Waals surface area contributed by atoms with Crippen molar-refractivity contribution in [2.75, 3.05) is 33.4 Å². The molecule has 0 aliphatic carbocycles. The first-order valence-corrected chi connectivity index (χ1v) is 11.0. The summed E-state index contributed by atoms with van der Waals surface area (Å²) < 4.78 is 37.4. The maximum Gasteiger partial charge on any atom is 0.252 e. The van der Waals surface area contributed by atoms with Crippen LogP contribution >= 0.6 is 11.3 Å². The van der Waals surface area contributed by atoms with Gasteiger partial charge in [0.15, 0.2) is 0 Å². The van der Waals surface area contributed by atoms with Gasteiger partial charge in [0.25, 0.3) is 10.0 Å². The molecule has 0 spiro atoms. The Morgan fingerprint density at radius 2 is 2.00 bits per heavy atom. The van der Waals surface area contributed by atoms with Gasteiger partial charge in [0.05, 0.1) is 26.9 Å². The highest BCUT2D eigenvalue weighted by molar-refractivity contribution is 7.91. The quantitative estimate of drug-likeness (QED) is 0.691. The summed E-state index contributed by atoms with van der Waals surface area (Å²) in [6.45, 7) is 1.80. The fourth-order valence-electron chi connectivity index (χ4n) is 2.71. The number of nitrogens with one attached hydrogen (secondary N) is 1. The standard InChI is InChI=1S/C19H22N2O5S2/c1-25-17-5-3-2-4-15(17)6-8-18(22)20-14-16-7-9-19(27-16)28(23,24)21-10-12-26-13-11-21/h2-9H,10-14H2,1H3,(H,20,22)/b8-6+. The van der Waals surface area contributed by atoms with Crippen molar-refractivity contribution < 1.29 is 22.7 Å². The normalized spacial score (nSPS) is 15.6. The van der Waals surface area contributed by atoms with E-state index < -0.39 is 10.0 Å². The minimum atomic E-state index is -3.50. The van der Waals surface area contributed by atoms with E-state index in [1.807, 2.05) is 24.3 Å². The number of thiophene rings is 1. The summed E-state index contributed by atoms with van der Waals surface area (Å²) in [6, 6.07) is 10.7. The van der Waals surface area contributed by atoms with Crippen molar-refractivity contribution in [2.45, 2.75) is 10.8 Å². The van der Waals surface area contributed by atoms with Gasteiger partial charge in [-0.1, -0.05) is 18.2 Å². The average molecular weight is 423 g/mol. The number of rotatable bonds is 7. The molecule has 2 heterocycles. The third-order valence-corrected chi connectivity index (χ3v) is 7.64. The predicted octanol–water partition coefficient (Wildman–Crippen LogP) is 2.11. The van der Waals surface area contributed by atoms with Gasteiger partial charge in [-0.25, -0.2) is 8.42 Å². The molecule has 150 valence electrons. The molecule has 1 saturated heterocycles. The van der Waals surface area contributed by atoms with E-state index in [0.717, 1.165) is 10.4 Å². The molecule has 9 heteroatoms. The molecule has 1 amide bonds. The van der Waals surface area contributed by atoms with Crippen LogP contribution in [0.3, 0.4) is 0 Å². The van der Waals surface area contributed by atoms with Gasteiger partial charge in [-0.2, -0.15) is 4.31 Å². The Morgan fingerprint density at radius 3 is 2.75 bits per heavy atom. The van der Waals surface area contributed by atoms with Gasteiger partial charge in [0.1, 0.15) is 9.96 Å². The van der Waals surface area contributed by atoms with Crippen LogP contribution in [-0.2, 0) is 26.1 Å². The van der Waals surface area contributed by atoms with Gasteiger partial charge in [0, 0.05) is 29.6 Å². The number of hydrogen-bond donors (Lipinski definition) is 1. The lowest BCUT2D eigenvalue weighted by atomic mass is 10.2. The molecule has 7 nitrogen and oxygen atoms in total. The predicted molar refractivity (Wildman–Crippen MR) is 108 cm³/mol. The van der Waals surface area contributed by atoms with Crippen molar-refractivity contribution in [3.63, 3.8) is 0 Å². The van der Waals surface area contributed by atoms with E-state index in [1.54, 1.807) is 25.3 Å². The molecule has 1 aromatic carbocycles. The number of ether oxygens (including phenoxy) is 2. The third kappa shape index (κ3) is 4.99. The van der Waals surface area contributed by atoms with E-state index in [2.05, 4.69) is 5.32 Å². The van der Waals surface area contributed by atoms with Crippen molar-refractivity contribution in [1.29, 1.82) is 0 Å². The van der Waals surface area contributed by atoms with Gasteiger partial charge in [-0.05, 0) is 24.3 Å². The zero-order chi connectivity index (χ0) is 20.0. The second kappa shape index (κ2) is 9.33. The second-order valence-electron chi connectivity index (χ2n) is 6.03. The summed E-state index contributed by atoms with van der Waals surface area (Å²) in [7, 11) is -1.93. The third-order valence-electron chi connectivity index (χ3n) is 4.19. The molecule has 2 aromatic rings. The lowest BCUT2D eigenvalue weighted by molar-refractivity contribution is -0.116. The Balaban J connectivity index is 1.58. The molecule has 0 radical (unpaired) electrons. The van der Waals surface area contributed by atoms with Crippen molar-refractivity contribution in [2.24, 2.45) is 0 Å². The average Bonchev–Trinajstić information content (AvgIpc) is 3.21. The minimum absolute atomic E-state index is 0.262. The van der Waals surface area contributed by atoms with Crippen LogP contribution in [0.15, 0.2) is 46.7 Å². The number of para-hydroxylation sites is 1. The summed E-state index contributed by atoms with van der Waals surface area (Å²) >= 11 is 1.17. The van der Waals surface area contributed by atoms with Crippen LogP contribution in [0.1, 0.15) is 10.4 Å². The summed E-state index contributed by atoms with van der Waals surface area (Å²) in [5, 5.41) is 2.77. The Labute approximate surface area is 168 Å². The number of carbonyl (C=O) groups is 1. The van der Waals surface area contributed by atoms with Crippen molar-refractivity contribution >= 4 is 33.3 Å². The maximum absolute atomic E-state index is 12.6. The minimum Gasteiger partial charge on any atom is -0.496 e. The van der Waals surface area contributed by atoms with Gasteiger partial charge < -0.3 is 14.8 Å². The number of amides is 1. The van der Waals surface area contributed by atoms with E-state index in [0.29, 0.717) is 32.1 Å². The molecule has 1 aliphatic rings. The van der Waals surface area contributed by atoms with Gasteiger partial charge in [-0.15, -0.1) is 11.3 Å². The Morgan fingerprint density at radius 1 is 1.25 bits per heavy atom. The van der Waals surface area contributed by atoms with Crippen molar-refractivity contribution in [3.05, 3.63) is 52.9 Å². The lowest BCUT2D eigenvalue weighted by Gasteiger charge is -2.25. The van der Waals surface area contributed by atoms with Crippen LogP contribution in [0.25, 0.3) is 6.08 Å². The summed E-state index contributed by atoms with van der Waals surface area (Å²) in [6.07, 6.45) is 3.10. The SMILES string of the molecule is COc1ccccc1/C=C/C(=O)NCc1ccc(S(=O)(=O)N2CCOCC2)s1. The van der Waals surface area contributed by atoms with Gasteiger partial charge in [0.2, 0.25) is 5.91 Å². The monoisotopic (exact) mass is 422 g/mol. The molecular formula is C19H22N2O5S2. The van der Waals surface area contributed by atoms with Crippen LogP contribution in [0.5, 0.6) is 5.75 Å². The first-order chi connectivity index (χ1) is 13.5. The zero-order valence-electron chi connectivity index (χ0n) is 15.5. The molecule has 1 N–H and O–H groups in total. The number of nitrogens with zero attached hydrogens (tertiary/aromatic N) is 1. The number of methoxy groups -OCH3 is 1. The highest BCUT2D eigenvalue weighted by atomic mass is 32.2. The van der Waals surface area contributed by atoms with Crippen LogP contribution in [-0.4, -0.2) is 52.0 Å². The fourth-order valence-corrected chi connectivity index (χ4v) is 5.57. The highest BCUT2D eigenvalue weighted by Crippen LogP contribution is 2.25. The topological polar surface area (TPSA) is 84.9 Å². The molecule has 0 saturated carbocycles. The summed E-state index contributed by atoms with van der Waals surface area (Å²) in [5.41, 5.74) is 0.801. The van der Waals surface area contributed by atoms with Crippen molar-refractivity contribution in [3.8, 4) is 5.75 Å². The number of carbonyl (C=O) groups excluding carboxylic acids is 1. The van der Waals surface area contributed by atoms with Crippen LogP contribution < -0.4 is 10.1 Å². The molecule has 1 fully saturated rings. The molecule has 28 heavy (non-hydrogen) atoms. The molecule has 1 aromatic heterocycles. The molecule has 0 atom stereocenters. The maximum atomic E-state index is 12.6. The first-order valence-electron chi connectivity index (χ1n) is 8.76. The zero-order valence-corrected chi connectivity index (χ0v) is 17.1. The van der Waals surface area contributed by atoms with Crippen LogP contribution in [0, 0.1) is 0 Å². The second-order valence-corrected chi connectivity index (χ2v) is 9.36. The van der Waals surface area contributed by atoms with Gasteiger partial charge in [-0.3, -0.25) is 4.79 Å². The smallest absolute Gasteiger partial charge is 0.252 e. The van der Waals surface area contributed by atoms with Crippen LogP contribution in [0.4, 0.5) is 0 Å². The number of sulfonamides is 1. The molecular weight excluding hydrogens is 400 g/mol. The van der Waals surface area contributed by atoms with E-state index in [-0.39, 0.29) is 16.7 Å². The van der Waals surface area contributed by atoms with E-state index >= 15 is 0 Å². The van der Waals surface area contributed by atoms with Crippen LogP contribution in [0.2, 0.25) is 0 Å². The molecule has 3 rings (SSSR count). The number of hydrogen-bond acceptors (Lipinski definition) is 6. The highest BCUT2D eigenvalue weighted by Gasteiger charge is 2.27. The number of morpholine rings is 1. The van der Waals surface area contributed by atoms with E-state index in [1.165, 1.54) is 21.7 Å². The molecule has 0 bridgehead atoms. The largest absolute Gasteiger partial charge is 0.496 e. The Hall–Kier alpha value is -2.20. The summed E-state index contributed by atoms with van der Waals surface area (Å²) in [4.78, 5) is 12.8. The lowest BCUT2D eigenvalue weighted by Crippen LogP contribution is -2.40. The Kier molecular flexibility index (Phi) is 6.84. The van der Waals surface area contributed by atoms with Gasteiger partial charge >= 0.3 is 0 Å². The number of benzene rings is 1. The fraction of sp³-hybridized carbons (Fsp3) is 0.316. The van der Waals surface area contributed by atoms with E-state index in [9.17, 15) is 13.2 Å². The van der Waals surface area contributed by atoms with Crippen molar-refractivity contribution in [1.82, 2.24) is 9.62 Å². The first kappa shape index (κ1) is 20.5. The summed E-state index contributed by atoms with van der Waals surface area (Å²) in [5.74, 6) is 0.416. The Bertz CT molecular complexity index is 947.